The van der Waals surface area contributed by atoms with Gasteiger partial charge in [-0.2, -0.15) is 4.98 Å². The van der Waals surface area contributed by atoms with E-state index in [0.717, 1.165) is 18.3 Å². The quantitative estimate of drug-likeness (QED) is 0.806. The van der Waals surface area contributed by atoms with E-state index in [9.17, 15) is 0 Å². The lowest BCUT2D eigenvalue weighted by atomic mass is 10.0. The molecule has 21 heavy (non-hydrogen) atoms. The first-order valence-electron chi connectivity index (χ1n) is 8.42. The Kier molecular flexibility index (Phi) is 4.91. The van der Waals surface area contributed by atoms with E-state index in [-0.39, 0.29) is 0 Å². The number of nitrogens with zero attached hydrogens (tertiary/aromatic N) is 4. The topological polar surface area (TPSA) is 45.4 Å². The Morgan fingerprint density at radius 2 is 2.10 bits per heavy atom. The summed E-state index contributed by atoms with van der Waals surface area (Å²) >= 11 is 0. The van der Waals surface area contributed by atoms with Crippen molar-refractivity contribution in [3.8, 4) is 0 Å². The van der Waals surface area contributed by atoms with E-state index >= 15 is 0 Å². The Morgan fingerprint density at radius 1 is 1.29 bits per heavy atom. The van der Waals surface area contributed by atoms with Crippen molar-refractivity contribution in [3.63, 3.8) is 0 Å². The van der Waals surface area contributed by atoms with Crippen LogP contribution in [0.3, 0.4) is 0 Å². The van der Waals surface area contributed by atoms with Crippen LogP contribution in [-0.2, 0) is 6.54 Å². The summed E-state index contributed by atoms with van der Waals surface area (Å²) in [5.41, 5.74) is 0. The second-order valence-corrected chi connectivity index (χ2v) is 6.83. The zero-order valence-electron chi connectivity index (χ0n) is 13.4. The van der Waals surface area contributed by atoms with E-state index in [2.05, 4.69) is 27.0 Å². The van der Waals surface area contributed by atoms with Gasteiger partial charge in [-0.25, -0.2) is 0 Å². The number of likely N-dealkylation sites (N-methyl/N-ethyl adjacent to an activating group) is 1. The Balaban J connectivity index is 1.40. The molecule has 2 fully saturated rings. The lowest BCUT2D eigenvalue weighted by Gasteiger charge is -2.23. The highest BCUT2D eigenvalue weighted by atomic mass is 16.5. The summed E-state index contributed by atoms with van der Waals surface area (Å²) in [6, 6.07) is 0.632. The summed E-state index contributed by atoms with van der Waals surface area (Å²) in [5, 5.41) is 3.99. The molecule has 0 amide bonds. The molecule has 1 aliphatic heterocycles. The van der Waals surface area contributed by atoms with Gasteiger partial charge in [0.1, 0.15) is 0 Å². The maximum absolute atomic E-state index is 5.05. The monoisotopic (exact) mass is 292 g/mol. The zero-order chi connectivity index (χ0) is 14.7. The summed E-state index contributed by atoms with van der Waals surface area (Å²) < 4.78 is 5.05. The van der Waals surface area contributed by atoms with Crippen molar-refractivity contribution in [1.82, 2.24) is 19.9 Å². The average molecular weight is 292 g/mol. The minimum atomic E-state index is 0.632. The smallest absolute Gasteiger partial charge is 0.223 e. The van der Waals surface area contributed by atoms with Crippen molar-refractivity contribution in [2.75, 3.05) is 26.7 Å². The number of hydrogen-bond donors (Lipinski definition) is 0. The number of aryl methyl sites for hydroxylation is 1. The first-order chi connectivity index (χ1) is 10.2. The van der Waals surface area contributed by atoms with E-state index < -0.39 is 0 Å². The van der Waals surface area contributed by atoms with Crippen LogP contribution in [0.25, 0.3) is 0 Å². The summed E-state index contributed by atoms with van der Waals surface area (Å²) in [4.78, 5) is 9.31. The highest BCUT2D eigenvalue weighted by Crippen LogP contribution is 2.28. The molecule has 2 aliphatic rings. The van der Waals surface area contributed by atoms with Crippen molar-refractivity contribution in [2.24, 2.45) is 5.92 Å². The first-order valence-corrected chi connectivity index (χ1v) is 8.42. The van der Waals surface area contributed by atoms with Crippen LogP contribution in [0.4, 0.5) is 0 Å². The molecule has 1 aliphatic carbocycles. The molecular weight excluding hydrogens is 264 g/mol. The van der Waals surface area contributed by atoms with Gasteiger partial charge < -0.3 is 9.42 Å². The standard InChI is InChI=1S/C16H28N4O/c1-13-17-16(18-21-13)12-19(2)15-8-10-20(11-15)9-7-14-5-3-4-6-14/h14-15H,3-12H2,1-2H3. The van der Waals surface area contributed by atoms with Gasteiger partial charge in [-0.1, -0.05) is 30.8 Å². The van der Waals surface area contributed by atoms with Gasteiger partial charge in [0.2, 0.25) is 5.89 Å². The highest BCUT2D eigenvalue weighted by Gasteiger charge is 2.27. The van der Waals surface area contributed by atoms with Gasteiger partial charge in [0.25, 0.3) is 0 Å². The second-order valence-electron chi connectivity index (χ2n) is 6.83. The first kappa shape index (κ1) is 15.0. The molecule has 0 spiro atoms. The molecule has 0 aromatic carbocycles. The van der Waals surface area contributed by atoms with E-state index in [1.807, 2.05) is 6.92 Å². The number of likely N-dealkylation sites (tertiary alicyclic amines) is 1. The predicted molar refractivity (Wildman–Crippen MR) is 81.9 cm³/mol. The van der Waals surface area contributed by atoms with Gasteiger partial charge in [0, 0.05) is 19.5 Å². The van der Waals surface area contributed by atoms with E-state index in [1.54, 1.807) is 0 Å². The molecule has 1 saturated carbocycles. The third-order valence-corrected chi connectivity index (χ3v) is 5.16. The lowest BCUT2D eigenvalue weighted by molar-refractivity contribution is 0.214. The molecule has 1 atom stereocenters. The number of aromatic nitrogens is 2. The average Bonchev–Trinajstić information content (AvgIpc) is 3.17. The van der Waals surface area contributed by atoms with Crippen molar-refractivity contribution >= 4 is 0 Å². The fraction of sp³-hybridized carbons (Fsp3) is 0.875. The molecule has 5 nitrogen and oxygen atoms in total. The maximum atomic E-state index is 5.05. The predicted octanol–water partition coefficient (Wildman–Crippen LogP) is 2.46. The maximum Gasteiger partial charge on any atom is 0.223 e. The van der Waals surface area contributed by atoms with E-state index in [0.29, 0.717) is 11.9 Å². The number of rotatable bonds is 6. The van der Waals surface area contributed by atoms with Crippen LogP contribution in [-0.4, -0.2) is 52.7 Å². The molecule has 1 unspecified atom stereocenters. The van der Waals surface area contributed by atoms with Crippen molar-refractivity contribution < 1.29 is 4.52 Å². The fourth-order valence-electron chi connectivity index (χ4n) is 3.80. The van der Waals surface area contributed by atoms with Gasteiger partial charge in [-0.15, -0.1) is 0 Å². The summed E-state index contributed by atoms with van der Waals surface area (Å²) in [6.45, 7) is 6.36. The molecular formula is C16H28N4O. The van der Waals surface area contributed by atoms with Crippen LogP contribution in [0.15, 0.2) is 4.52 Å². The van der Waals surface area contributed by atoms with Crippen LogP contribution >= 0.6 is 0 Å². The Bertz CT molecular complexity index is 441. The third-order valence-electron chi connectivity index (χ3n) is 5.16. The second kappa shape index (κ2) is 6.88. The fourth-order valence-corrected chi connectivity index (χ4v) is 3.80. The van der Waals surface area contributed by atoms with Crippen LogP contribution in [0.2, 0.25) is 0 Å². The normalized spacial score (nSPS) is 24.4. The van der Waals surface area contributed by atoms with Crippen LogP contribution in [0.1, 0.15) is 50.2 Å². The van der Waals surface area contributed by atoms with Crippen molar-refractivity contribution in [3.05, 3.63) is 11.7 Å². The van der Waals surface area contributed by atoms with Crippen molar-refractivity contribution in [1.29, 1.82) is 0 Å². The summed E-state index contributed by atoms with van der Waals surface area (Å²) in [6.07, 6.45) is 8.52. The van der Waals surface area contributed by atoms with Crippen LogP contribution < -0.4 is 0 Å². The Morgan fingerprint density at radius 3 is 2.81 bits per heavy atom. The minimum absolute atomic E-state index is 0.632. The van der Waals surface area contributed by atoms with Crippen LogP contribution in [0, 0.1) is 12.8 Å². The molecule has 1 aromatic rings. The third kappa shape index (κ3) is 4.04. The molecule has 2 heterocycles. The molecule has 118 valence electrons. The molecule has 0 bridgehead atoms. The Hall–Kier alpha value is -0.940. The highest BCUT2D eigenvalue weighted by molar-refractivity contribution is 4.88. The van der Waals surface area contributed by atoms with Crippen LogP contribution in [0.5, 0.6) is 0 Å². The Labute approximate surface area is 127 Å². The number of hydrogen-bond acceptors (Lipinski definition) is 5. The largest absolute Gasteiger partial charge is 0.340 e. The zero-order valence-corrected chi connectivity index (χ0v) is 13.4. The van der Waals surface area contributed by atoms with Gasteiger partial charge in [-0.05, 0) is 38.9 Å². The molecule has 3 rings (SSSR count). The molecule has 5 heteroatoms. The SMILES string of the molecule is Cc1nc(CN(C)C2CCN(CCC3CCCC3)C2)no1. The van der Waals surface area contributed by atoms with Gasteiger partial charge in [-0.3, -0.25) is 4.90 Å². The molecule has 0 N–H and O–H groups in total. The van der Waals surface area contributed by atoms with Gasteiger partial charge >= 0.3 is 0 Å². The lowest BCUT2D eigenvalue weighted by Crippen LogP contribution is -2.34. The minimum Gasteiger partial charge on any atom is -0.340 e. The van der Waals surface area contributed by atoms with Crippen molar-refractivity contribution in [2.45, 2.75) is 58.0 Å². The molecule has 0 radical (unpaired) electrons. The summed E-state index contributed by atoms with van der Waals surface area (Å²) in [7, 11) is 2.18. The van der Waals surface area contributed by atoms with Gasteiger partial charge in [0.15, 0.2) is 5.82 Å². The van der Waals surface area contributed by atoms with E-state index in [4.69, 9.17) is 4.52 Å². The molecule has 1 aromatic heterocycles. The summed E-state index contributed by atoms with van der Waals surface area (Å²) in [5.74, 6) is 2.46. The molecule has 1 saturated heterocycles. The van der Waals surface area contributed by atoms with E-state index in [1.165, 1.54) is 58.2 Å². The van der Waals surface area contributed by atoms with Gasteiger partial charge in [0.05, 0.1) is 6.54 Å².